The maximum atomic E-state index is 5.56. The summed E-state index contributed by atoms with van der Waals surface area (Å²) in [5.74, 6) is 0. The Morgan fingerprint density at radius 1 is 0.674 bits per heavy atom. The third-order valence-electron chi connectivity index (χ3n) is 8.77. The Kier molecular flexibility index (Phi) is 7.93. The Balaban J connectivity index is 1.56. The zero-order valence-corrected chi connectivity index (χ0v) is 26.0. The van der Waals surface area contributed by atoms with Crippen LogP contribution in [0.15, 0.2) is 171 Å². The van der Waals surface area contributed by atoms with E-state index >= 15 is 0 Å². The second kappa shape index (κ2) is 12.6. The Morgan fingerprint density at radius 2 is 1.35 bits per heavy atom. The number of hydrogen-bond acceptors (Lipinski definition) is 1. The van der Waals surface area contributed by atoms with Gasteiger partial charge in [0.15, 0.2) is 0 Å². The largest absolute Gasteiger partial charge is 0.405 e. The number of rotatable bonds is 8. The van der Waals surface area contributed by atoms with Gasteiger partial charge in [-0.25, -0.2) is 0 Å². The lowest BCUT2D eigenvalue weighted by molar-refractivity contribution is 1.18. The van der Waals surface area contributed by atoms with E-state index in [0.717, 1.165) is 17.7 Å². The Labute approximate surface area is 270 Å². The van der Waals surface area contributed by atoms with Gasteiger partial charge in [-0.1, -0.05) is 128 Å². The molecule has 0 aliphatic rings. The summed E-state index contributed by atoms with van der Waals surface area (Å²) in [4.78, 5) is 0. The van der Waals surface area contributed by atoms with E-state index in [9.17, 15) is 0 Å². The third-order valence-corrected chi connectivity index (χ3v) is 8.77. The predicted molar refractivity (Wildman–Crippen MR) is 199 cm³/mol. The van der Waals surface area contributed by atoms with Crippen molar-refractivity contribution in [1.82, 2.24) is 4.57 Å². The molecule has 46 heavy (non-hydrogen) atoms. The summed E-state index contributed by atoms with van der Waals surface area (Å²) in [6.07, 6.45) is 12.4. The van der Waals surface area contributed by atoms with Crippen molar-refractivity contribution in [3.8, 4) is 27.9 Å². The van der Waals surface area contributed by atoms with Crippen LogP contribution in [0.5, 0.6) is 0 Å². The maximum Gasteiger partial charge on any atom is 0.0619 e. The first kappa shape index (κ1) is 28.9. The van der Waals surface area contributed by atoms with Crippen LogP contribution >= 0.6 is 0 Å². The minimum absolute atomic E-state index is 0.818. The van der Waals surface area contributed by atoms with Crippen LogP contribution in [0.2, 0.25) is 0 Å². The van der Waals surface area contributed by atoms with E-state index in [1.807, 2.05) is 18.2 Å². The lowest BCUT2D eigenvalue weighted by atomic mass is 9.97. The lowest BCUT2D eigenvalue weighted by Crippen LogP contribution is -1.97. The molecule has 2 heteroatoms. The molecule has 0 saturated heterocycles. The second-order valence-electron chi connectivity index (χ2n) is 11.6. The van der Waals surface area contributed by atoms with Crippen LogP contribution in [0.1, 0.15) is 18.1 Å². The summed E-state index contributed by atoms with van der Waals surface area (Å²) in [5.41, 5.74) is 17.4. The van der Waals surface area contributed by atoms with Crippen LogP contribution in [0.25, 0.3) is 66.1 Å². The molecule has 7 aromatic rings. The van der Waals surface area contributed by atoms with Gasteiger partial charge in [-0.2, -0.15) is 0 Å². The number of fused-ring (bicyclic) bond motifs is 5. The molecule has 7 rings (SSSR count). The van der Waals surface area contributed by atoms with E-state index in [1.54, 1.807) is 6.20 Å². The highest BCUT2D eigenvalue weighted by Crippen LogP contribution is 2.40. The fourth-order valence-corrected chi connectivity index (χ4v) is 6.54. The number of allylic oxidation sites excluding steroid dienone is 6. The molecule has 0 fully saturated rings. The van der Waals surface area contributed by atoms with Crippen LogP contribution in [0.4, 0.5) is 0 Å². The molecule has 1 aromatic heterocycles. The average Bonchev–Trinajstić information content (AvgIpc) is 3.45. The molecule has 2 N–H and O–H groups in total. The zero-order valence-electron chi connectivity index (χ0n) is 26.0. The number of nitrogens with two attached hydrogens (primary N) is 1. The minimum atomic E-state index is 0.818. The topological polar surface area (TPSA) is 30.9 Å². The van der Waals surface area contributed by atoms with Gasteiger partial charge in [0.1, 0.15) is 0 Å². The number of hydrogen-bond donors (Lipinski definition) is 1. The predicted octanol–water partition coefficient (Wildman–Crippen LogP) is 11.4. The van der Waals surface area contributed by atoms with E-state index in [0.29, 0.717) is 0 Å². The molecule has 0 radical (unpaired) electrons. The van der Waals surface area contributed by atoms with Gasteiger partial charge in [-0.3, -0.25) is 0 Å². The van der Waals surface area contributed by atoms with Gasteiger partial charge in [0.25, 0.3) is 0 Å². The van der Waals surface area contributed by atoms with Gasteiger partial charge in [0, 0.05) is 21.8 Å². The third kappa shape index (κ3) is 5.35. The standard InChI is InChI=1S/C44H36N2/c1-3-32(4-2)35-20-23-40-36(27-35)21-24-42-41-22-19-31(14-8-7-13-25-45)26-43(41)46(44(40)42)39-29-37(33-15-9-5-10-16-33)28-38(30-39)34-17-11-6-12-18-34/h3-13,15-30H,1,14,45H2,2H3/b8-7-,25-13-,32-4+. The maximum absolute atomic E-state index is 5.56. The molecule has 0 aliphatic heterocycles. The van der Waals surface area contributed by atoms with Crippen molar-refractivity contribution in [1.29, 1.82) is 0 Å². The molecule has 222 valence electrons. The zero-order chi connectivity index (χ0) is 31.5. The van der Waals surface area contributed by atoms with E-state index in [4.69, 9.17) is 5.73 Å². The molecular weight excluding hydrogens is 556 g/mol. The van der Waals surface area contributed by atoms with Crippen LogP contribution in [0.3, 0.4) is 0 Å². The molecular formula is C44H36N2. The average molecular weight is 593 g/mol. The van der Waals surface area contributed by atoms with E-state index in [1.165, 1.54) is 66.0 Å². The summed E-state index contributed by atoms with van der Waals surface area (Å²) in [5, 5.41) is 4.90. The highest BCUT2D eigenvalue weighted by Gasteiger charge is 2.18. The number of aromatic nitrogens is 1. The molecule has 0 aliphatic carbocycles. The van der Waals surface area contributed by atoms with Crippen molar-refractivity contribution >= 4 is 38.2 Å². The molecule has 1 heterocycles. The van der Waals surface area contributed by atoms with Crippen molar-refractivity contribution in [3.05, 3.63) is 182 Å². The first-order valence-electron chi connectivity index (χ1n) is 15.8. The summed E-state index contributed by atoms with van der Waals surface area (Å²) in [7, 11) is 0. The molecule has 0 spiro atoms. The highest BCUT2D eigenvalue weighted by molar-refractivity contribution is 6.19. The van der Waals surface area contributed by atoms with E-state index in [2.05, 4.69) is 158 Å². The van der Waals surface area contributed by atoms with Gasteiger partial charge in [-0.05, 0) is 100 Å². The first-order chi connectivity index (χ1) is 22.7. The number of benzene rings is 6. The van der Waals surface area contributed by atoms with Gasteiger partial charge < -0.3 is 10.3 Å². The van der Waals surface area contributed by atoms with E-state index < -0.39 is 0 Å². The Morgan fingerprint density at radius 3 is 2.00 bits per heavy atom. The van der Waals surface area contributed by atoms with Crippen LogP contribution < -0.4 is 5.73 Å². The summed E-state index contributed by atoms with van der Waals surface area (Å²) >= 11 is 0. The highest BCUT2D eigenvalue weighted by atomic mass is 15.0. The minimum Gasteiger partial charge on any atom is -0.405 e. The van der Waals surface area contributed by atoms with Crippen molar-refractivity contribution in [2.45, 2.75) is 13.3 Å². The fraction of sp³-hybridized carbons (Fsp3) is 0.0455. The Hall–Kier alpha value is -5.86. The van der Waals surface area contributed by atoms with Gasteiger partial charge in [0.2, 0.25) is 0 Å². The van der Waals surface area contributed by atoms with Crippen molar-refractivity contribution < 1.29 is 0 Å². The van der Waals surface area contributed by atoms with Crippen LogP contribution in [0, 0.1) is 0 Å². The van der Waals surface area contributed by atoms with Gasteiger partial charge >= 0.3 is 0 Å². The SMILES string of the molecule is C=C/C(=C\C)c1ccc2c(ccc3c4ccc(C/C=C\C=C/N)cc4n(-c4cc(-c5ccccc5)cc(-c5ccccc5)c4)c23)c1. The second-order valence-corrected chi connectivity index (χ2v) is 11.6. The molecule has 0 bridgehead atoms. The van der Waals surface area contributed by atoms with Crippen molar-refractivity contribution in [3.63, 3.8) is 0 Å². The van der Waals surface area contributed by atoms with Crippen LogP contribution in [-0.2, 0) is 6.42 Å². The molecule has 2 nitrogen and oxygen atoms in total. The van der Waals surface area contributed by atoms with Crippen LogP contribution in [-0.4, -0.2) is 4.57 Å². The quantitative estimate of drug-likeness (QED) is 0.175. The molecule has 6 aromatic carbocycles. The molecule has 0 amide bonds. The monoisotopic (exact) mass is 592 g/mol. The summed E-state index contributed by atoms with van der Waals surface area (Å²) < 4.78 is 2.47. The summed E-state index contributed by atoms with van der Waals surface area (Å²) in [6.45, 7) is 6.10. The molecule has 0 unspecified atom stereocenters. The number of nitrogens with zero attached hydrogens (tertiary/aromatic N) is 1. The molecule has 0 saturated carbocycles. The molecule has 0 atom stereocenters. The van der Waals surface area contributed by atoms with Gasteiger partial charge in [0.05, 0.1) is 11.0 Å². The smallest absolute Gasteiger partial charge is 0.0619 e. The summed E-state index contributed by atoms with van der Waals surface area (Å²) in [6, 6.07) is 46.5. The van der Waals surface area contributed by atoms with E-state index in [-0.39, 0.29) is 0 Å². The van der Waals surface area contributed by atoms with Crippen molar-refractivity contribution in [2.75, 3.05) is 0 Å². The Bertz CT molecular complexity index is 2240. The normalized spacial score (nSPS) is 12.2. The fourth-order valence-electron chi connectivity index (χ4n) is 6.54. The van der Waals surface area contributed by atoms with Gasteiger partial charge in [-0.15, -0.1) is 0 Å². The first-order valence-corrected chi connectivity index (χ1v) is 15.8. The van der Waals surface area contributed by atoms with Crippen molar-refractivity contribution in [2.24, 2.45) is 5.73 Å². The lowest BCUT2D eigenvalue weighted by Gasteiger charge is -2.15.